The fourth-order valence-corrected chi connectivity index (χ4v) is 3.21. The van der Waals surface area contributed by atoms with Crippen LogP contribution in [0.2, 0.25) is 0 Å². The predicted octanol–water partition coefficient (Wildman–Crippen LogP) is 2.94. The van der Waals surface area contributed by atoms with Gasteiger partial charge in [-0.2, -0.15) is 8.78 Å². The number of carbonyl (C=O) groups excluding carboxylic acids is 1. The van der Waals surface area contributed by atoms with Crippen molar-refractivity contribution in [1.29, 1.82) is 0 Å². The van der Waals surface area contributed by atoms with Crippen molar-refractivity contribution in [3.63, 3.8) is 0 Å². The van der Waals surface area contributed by atoms with E-state index in [1.807, 2.05) is 10.8 Å². The number of nitrogens with one attached hydrogen (secondary N) is 1. The molecule has 1 heterocycles. The van der Waals surface area contributed by atoms with Crippen molar-refractivity contribution in [2.75, 3.05) is 0 Å². The highest BCUT2D eigenvalue weighted by atomic mass is 19.3. The molecule has 5 nitrogen and oxygen atoms in total. The second kappa shape index (κ2) is 7.42. The van der Waals surface area contributed by atoms with Gasteiger partial charge in [0.2, 0.25) is 5.91 Å². The Balaban J connectivity index is 1.59. The summed E-state index contributed by atoms with van der Waals surface area (Å²) >= 11 is 0. The Hall–Kier alpha value is -2.44. The SMILES string of the molecule is O=C(Cc1cccc(OC(F)F)c1)NC1CCCC1n1ccnc1. The minimum atomic E-state index is -2.87. The maximum Gasteiger partial charge on any atom is 0.387 e. The van der Waals surface area contributed by atoms with Crippen LogP contribution < -0.4 is 10.1 Å². The van der Waals surface area contributed by atoms with Gasteiger partial charge in [0.05, 0.1) is 18.8 Å². The minimum absolute atomic E-state index is 0.0622. The Bertz CT molecular complexity index is 676. The van der Waals surface area contributed by atoms with Crippen molar-refractivity contribution < 1.29 is 18.3 Å². The lowest BCUT2D eigenvalue weighted by Crippen LogP contribution is -2.38. The van der Waals surface area contributed by atoms with E-state index in [1.165, 1.54) is 12.1 Å². The van der Waals surface area contributed by atoms with E-state index >= 15 is 0 Å². The van der Waals surface area contributed by atoms with Gasteiger partial charge >= 0.3 is 6.61 Å². The predicted molar refractivity (Wildman–Crippen MR) is 83.8 cm³/mol. The van der Waals surface area contributed by atoms with Crippen LogP contribution in [0.5, 0.6) is 5.75 Å². The largest absolute Gasteiger partial charge is 0.435 e. The molecule has 0 spiro atoms. The Kier molecular flexibility index (Phi) is 5.08. The third-order valence-corrected chi connectivity index (χ3v) is 4.22. The number of alkyl halides is 2. The molecule has 1 fully saturated rings. The van der Waals surface area contributed by atoms with Crippen LogP contribution in [0.1, 0.15) is 30.9 Å². The second-order valence-electron chi connectivity index (χ2n) is 5.88. The number of imidazole rings is 1. The Labute approximate surface area is 138 Å². The number of carbonyl (C=O) groups is 1. The lowest BCUT2D eigenvalue weighted by Gasteiger charge is -2.22. The van der Waals surface area contributed by atoms with E-state index < -0.39 is 6.61 Å². The summed E-state index contributed by atoms with van der Waals surface area (Å²) in [5.74, 6) is -0.0614. The van der Waals surface area contributed by atoms with Gasteiger partial charge in [-0.1, -0.05) is 12.1 Å². The number of rotatable bonds is 6. The van der Waals surface area contributed by atoms with Crippen LogP contribution in [-0.4, -0.2) is 28.1 Å². The number of hydrogen-bond acceptors (Lipinski definition) is 3. The van der Waals surface area contributed by atoms with E-state index in [0.29, 0.717) is 5.56 Å². The normalized spacial score (nSPS) is 20.3. The molecule has 0 aliphatic heterocycles. The minimum Gasteiger partial charge on any atom is -0.435 e. The molecule has 2 unspecified atom stereocenters. The van der Waals surface area contributed by atoms with Crippen molar-refractivity contribution >= 4 is 5.91 Å². The molecule has 1 saturated carbocycles. The van der Waals surface area contributed by atoms with Gasteiger partial charge in [-0.3, -0.25) is 4.79 Å². The molecule has 2 aromatic rings. The molecule has 7 heteroatoms. The molecule has 1 N–H and O–H groups in total. The van der Waals surface area contributed by atoms with E-state index in [0.717, 1.165) is 19.3 Å². The highest BCUT2D eigenvalue weighted by Crippen LogP contribution is 2.30. The summed E-state index contributed by atoms with van der Waals surface area (Å²) in [5, 5.41) is 3.05. The van der Waals surface area contributed by atoms with Gasteiger partial charge in [0, 0.05) is 18.4 Å². The third-order valence-electron chi connectivity index (χ3n) is 4.22. The molecular formula is C17H19F2N3O2. The monoisotopic (exact) mass is 335 g/mol. The number of hydrogen-bond donors (Lipinski definition) is 1. The van der Waals surface area contributed by atoms with Gasteiger partial charge in [-0.15, -0.1) is 0 Å². The van der Waals surface area contributed by atoms with E-state index in [2.05, 4.69) is 15.0 Å². The molecule has 1 aliphatic carbocycles. The van der Waals surface area contributed by atoms with Crippen molar-refractivity contribution in [2.24, 2.45) is 0 Å². The lowest BCUT2D eigenvalue weighted by molar-refractivity contribution is -0.121. The molecule has 1 aliphatic rings. The van der Waals surface area contributed by atoms with Crippen LogP contribution in [0, 0.1) is 0 Å². The summed E-state index contributed by atoms with van der Waals surface area (Å²) in [6, 6.07) is 6.51. The molecule has 128 valence electrons. The molecule has 1 amide bonds. The molecule has 2 atom stereocenters. The van der Waals surface area contributed by atoms with E-state index in [-0.39, 0.29) is 30.2 Å². The first kappa shape index (κ1) is 16.4. The average Bonchev–Trinajstić information content (AvgIpc) is 3.17. The second-order valence-corrected chi connectivity index (χ2v) is 5.88. The molecule has 0 bridgehead atoms. The molecule has 1 aromatic carbocycles. The number of amides is 1. The first-order chi connectivity index (χ1) is 11.6. The first-order valence-electron chi connectivity index (χ1n) is 7.92. The Morgan fingerprint density at radius 2 is 2.29 bits per heavy atom. The fourth-order valence-electron chi connectivity index (χ4n) is 3.21. The topological polar surface area (TPSA) is 56.1 Å². The number of ether oxygens (including phenoxy) is 1. The molecule has 3 rings (SSSR count). The lowest BCUT2D eigenvalue weighted by atomic mass is 10.1. The van der Waals surface area contributed by atoms with Crippen LogP contribution in [0.15, 0.2) is 43.0 Å². The summed E-state index contributed by atoms with van der Waals surface area (Å²) < 4.78 is 30.9. The summed E-state index contributed by atoms with van der Waals surface area (Å²) in [7, 11) is 0. The van der Waals surface area contributed by atoms with Crippen LogP contribution in [0.25, 0.3) is 0 Å². The van der Waals surface area contributed by atoms with Crippen LogP contribution in [0.3, 0.4) is 0 Å². The van der Waals surface area contributed by atoms with Crippen molar-refractivity contribution in [1.82, 2.24) is 14.9 Å². The summed E-state index contributed by atoms with van der Waals surface area (Å²) in [6.07, 6.45) is 8.49. The van der Waals surface area contributed by atoms with Crippen molar-refractivity contribution in [3.05, 3.63) is 48.5 Å². The summed E-state index contributed by atoms with van der Waals surface area (Å²) in [4.78, 5) is 16.3. The van der Waals surface area contributed by atoms with Crippen molar-refractivity contribution in [2.45, 2.75) is 44.4 Å². The summed E-state index contributed by atoms with van der Waals surface area (Å²) in [5.41, 5.74) is 0.642. The van der Waals surface area contributed by atoms with Gasteiger partial charge in [0.15, 0.2) is 0 Å². The first-order valence-corrected chi connectivity index (χ1v) is 7.92. The van der Waals surface area contributed by atoms with Crippen molar-refractivity contribution in [3.8, 4) is 5.75 Å². The van der Waals surface area contributed by atoms with E-state index in [1.54, 1.807) is 24.7 Å². The third kappa shape index (κ3) is 4.10. The smallest absolute Gasteiger partial charge is 0.387 e. The zero-order valence-electron chi connectivity index (χ0n) is 13.1. The number of nitrogens with zero attached hydrogens (tertiary/aromatic N) is 2. The fraction of sp³-hybridized carbons (Fsp3) is 0.412. The van der Waals surface area contributed by atoms with Gasteiger partial charge < -0.3 is 14.6 Å². The number of aromatic nitrogens is 2. The Morgan fingerprint density at radius 3 is 3.04 bits per heavy atom. The molecule has 1 aromatic heterocycles. The molecule has 0 saturated heterocycles. The van der Waals surface area contributed by atoms with Gasteiger partial charge in [0.1, 0.15) is 5.75 Å². The van der Waals surface area contributed by atoms with E-state index in [4.69, 9.17) is 0 Å². The zero-order valence-corrected chi connectivity index (χ0v) is 13.1. The van der Waals surface area contributed by atoms with Gasteiger partial charge in [-0.25, -0.2) is 4.98 Å². The van der Waals surface area contributed by atoms with E-state index in [9.17, 15) is 13.6 Å². The highest BCUT2D eigenvalue weighted by Gasteiger charge is 2.29. The molecule has 24 heavy (non-hydrogen) atoms. The van der Waals surface area contributed by atoms with Gasteiger partial charge in [-0.05, 0) is 37.0 Å². The Morgan fingerprint density at radius 1 is 1.42 bits per heavy atom. The standard InChI is InChI=1S/C17H19F2N3O2/c18-17(19)24-13-4-1-3-12(9-13)10-16(23)21-14-5-2-6-15(14)22-8-7-20-11-22/h1,3-4,7-9,11,14-15,17H,2,5-6,10H2,(H,21,23). The van der Waals surface area contributed by atoms with Crippen LogP contribution in [0.4, 0.5) is 8.78 Å². The van der Waals surface area contributed by atoms with Crippen LogP contribution >= 0.6 is 0 Å². The number of halogens is 2. The molecular weight excluding hydrogens is 316 g/mol. The van der Waals surface area contributed by atoms with Gasteiger partial charge in [0.25, 0.3) is 0 Å². The summed E-state index contributed by atoms with van der Waals surface area (Å²) in [6.45, 7) is -2.87. The zero-order chi connectivity index (χ0) is 16.9. The van der Waals surface area contributed by atoms with Crippen LogP contribution in [-0.2, 0) is 11.2 Å². The number of benzene rings is 1. The highest BCUT2D eigenvalue weighted by molar-refractivity contribution is 5.79. The quantitative estimate of drug-likeness (QED) is 0.883. The molecule has 0 radical (unpaired) electrons. The maximum absolute atomic E-state index is 12.3. The maximum atomic E-state index is 12.3. The average molecular weight is 335 g/mol.